The summed E-state index contributed by atoms with van der Waals surface area (Å²) in [4.78, 5) is 11.1. The first-order valence-electron chi connectivity index (χ1n) is 3.32. The summed E-state index contributed by atoms with van der Waals surface area (Å²) in [5, 5.41) is 9.38. The van der Waals surface area contributed by atoms with E-state index in [2.05, 4.69) is 20.7 Å². The lowest BCUT2D eigenvalue weighted by Crippen LogP contribution is -2.01. The van der Waals surface area contributed by atoms with Crippen molar-refractivity contribution in [3.8, 4) is 5.75 Å². The topological polar surface area (TPSA) is 46.5 Å². The summed E-state index contributed by atoms with van der Waals surface area (Å²) in [6.45, 7) is 0. The van der Waals surface area contributed by atoms with Crippen molar-refractivity contribution >= 4 is 44.5 Å². The summed E-state index contributed by atoms with van der Waals surface area (Å²) < 4.78 is 5.63. The molecule has 0 amide bonds. The molecule has 70 valence electrons. The standard InChI is InChI=1S/C8H6BrIO3/c1-13-8(12)4-2-5(9)7(11)6(10)3-4/h2-3,11H,1H3. The number of methoxy groups -OCH3 is 1. The summed E-state index contributed by atoms with van der Waals surface area (Å²) in [7, 11) is 1.32. The molecule has 13 heavy (non-hydrogen) atoms. The van der Waals surface area contributed by atoms with Crippen LogP contribution in [0, 0.1) is 3.57 Å². The summed E-state index contributed by atoms with van der Waals surface area (Å²) in [5.74, 6) is -0.285. The van der Waals surface area contributed by atoms with E-state index in [-0.39, 0.29) is 5.75 Å². The average molecular weight is 357 g/mol. The average Bonchev–Trinajstić information content (AvgIpc) is 2.12. The number of benzene rings is 1. The highest BCUT2D eigenvalue weighted by molar-refractivity contribution is 14.1. The van der Waals surface area contributed by atoms with E-state index in [1.807, 2.05) is 22.6 Å². The second-order valence-corrected chi connectivity index (χ2v) is 4.30. The lowest BCUT2D eigenvalue weighted by molar-refractivity contribution is 0.0600. The first kappa shape index (κ1) is 10.8. The zero-order chi connectivity index (χ0) is 10.0. The second kappa shape index (κ2) is 4.28. The van der Waals surface area contributed by atoms with Crippen LogP contribution < -0.4 is 0 Å². The van der Waals surface area contributed by atoms with E-state index in [1.165, 1.54) is 13.2 Å². The van der Waals surface area contributed by atoms with Crippen LogP contribution in [-0.4, -0.2) is 18.2 Å². The molecule has 0 fully saturated rings. The third-order valence-corrected chi connectivity index (χ3v) is 2.86. The zero-order valence-corrected chi connectivity index (χ0v) is 10.4. The molecule has 0 aromatic heterocycles. The highest BCUT2D eigenvalue weighted by Gasteiger charge is 2.11. The molecule has 0 saturated heterocycles. The van der Waals surface area contributed by atoms with Crippen molar-refractivity contribution in [1.29, 1.82) is 0 Å². The number of aromatic hydroxyl groups is 1. The van der Waals surface area contributed by atoms with Crippen LogP contribution in [0.15, 0.2) is 16.6 Å². The molecule has 1 rings (SSSR count). The Labute approximate surface area is 97.4 Å². The minimum absolute atomic E-state index is 0.133. The van der Waals surface area contributed by atoms with Gasteiger partial charge in [-0.05, 0) is 50.7 Å². The van der Waals surface area contributed by atoms with Crippen molar-refractivity contribution in [1.82, 2.24) is 0 Å². The Bertz CT molecular complexity index is 328. The van der Waals surface area contributed by atoms with Crippen LogP contribution in [0.3, 0.4) is 0 Å². The fourth-order valence-electron chi connectivity index (χ4n) is 0.801. The predicted octanol–water partition coefficient (Wildman–Crippen LogP) is 2.55. The highest BCUT2D eigenvalue weighted by atomic mass is 127. The SMILES string of the molecule is COC(=O)c1cc(Br)c(O)c(I)c1. The van der Waals surface area contributed by atoms with Crippen LogP contribution in [-0.2, 0) is 4.74 Å². The maximum absolute atomic E-state index is 11.1. The minimum atomic E-state index is -0.418. The number of hydrogen-bond acceptors (Lipinski definition) is 3. The van der Waals surface area contributed by atoms with Crippen molar-refractivity contribution in [3.63, 3.8) is 0 Å². The molecule has 0 aliphatic rings. The quantitative estimate of drug-likeness (QED) is 0.621. The zero-order valence-electron chi connectivity index (χ0n) is 6.67. The van der Waals surface area contributed by atoms with Crippen LogP contribution in [0.25, 0.3) is 0 Å². The summed E-state index contributed by atoms with van der Waals surface area (Å²) in [6, 6.07) is 3.08. The Kier molecular flexibility index (Phi) is 3.55. The molecular weight excluding hydrogens is 351 g/mol. The molecule has 0 bridgehead atoms. The number of rotatable bonds is 1. The van der Waals surface area contributed by atoms with Gasteiger partial charge in [-0.15, -0.1) is 0 Å². The number of hydrogen-bond donors (Lipinski definition) is 1. The molecular formula is C8H6BrIO3. The second-order valence-electron chi connectivity index (χ2n) is 2.28. The van der Waals surface area contributed by atoms with Crippen molar-refractivity contribution in [2.75, 3.05) is 7.11 Å². The van der Waals surface area contributed by atoms with Gasteiger partial charge in [-0.25, -0.2) is 4.79 Å². The fraction of sp³-hybridized carbons (Fsp3) is 0.125. The van der Waals surface area contributed by atoms with Gasteiger partial charge < -0.3 is 9.84 Å². The van der Waals surface area contributed by atoms with Crippen LogP contribution in [0.2, 0.25) is 0 Å². The largest absolute Gasteiger partial charge is 0.506 e. The van der Waals surface area contributed by atoms with Gasteiger partial charge in [0.05, 0.1) is 20.7 Å². The van der Waals surface area contributed by atoms with E-state index in [4.69, 9.17) is 0 Å². The molecule has 0 saturated carbocycles. The molecule has 5 heteroatoms. The maximum atomic E-state index is 11.1. The summed E-state index contributed by atoms with van der Waals surface area (Å²) in [6.07, 6.45) is 0. The molecule has 1 aromatic rings. The van der Waals surface area contributed by atoms with E-state index in [0.29, 0.717) is 13.6 Å². The van der Waals surface area contributed by atoms with Gasteiger partial charge in [0.1, 0.15) is 5.75 Å². The number of carbonyl (C=O) groups is 1. The lowest BCUT2D eigenvalue weighted by Gasteiger charge is -2.03. The van der Waals surface area contributed by atoms with Gasteiger partial charge in [-0.2, -0.15) is 0 Å². The van der Waals surface area contributed by atoms with Gasteiger partial charge >= 0.3 is 5.97 Å². The van der Waals surface area contributed by atoms with Gasteiger partial charge in [-0.1, -0.05) is 0 Å². The van der Waals surface area contributed by atoms with Crippen molar-refractivity contribution in [2.45, 2.75) is 0 Å². The van der Waals surface area contributed by atoms with E-state index < -0.39 is 5.97 Å². The van der Waals surface area contributed by atoms with Crippen molar-refractivity contribution in [2.24, 2.45) is 0 Å². The summed E-state index contributed by atoms with van der Waals surface area (Å²) in [5.41, 5.74) is 0.413. The fourth-order valence-corrected chi connectivity index (χ4v) is 2.26. The molecule has 0 spiro atoms. The minimum Gasteiger partial charge on any atom is -0.506 e. The van der Waals surface area contributed by atoms with E-state index in [0.717, 1.165) is 0 Å². The smallest absolute Gasteiger partial charge is 0.337 e. The Morgan fingerprint density at radius 3 is 2.69 bits per heavy atom. The number of phenolic OH excluding ortho intramolecular Hbond substituents is 1. The van der Waals surface area contributed by atoms with Gasteiger partial charge in [0, 0.05) is 0 Å². The molecule has 0 aliphatic heterocycles. The molecule has 0 radical (unpaired) electrons. The Morgan fingerprint density at radius 2 is 2.23 bits per heavy atom. The third-order valence-electron chi connectivity index (χ3n) is 1.44. The first-order valence-corrected chi connectivity index (χ1v) is 5.19. The van der Waals surface area contributed by atoms with Crippen LogP contribution >= 0.6 is 38.5 Å². The highest BCUT2D eigenvalue weighted by Crippen LogP contribution is 2.30. The molecule has 0 atom stereocenters. The Hall–Kier alpha value is -0.300. The summed E-state index contributed by atoms with van der Waals surface area (Å²) >= 11 is 5.07. The third kappa shape index (κ3) is 2.34. The Morgan fingerprint density at radius 1 is 1.62 bits per heavy atom. The molecule has 0 heterocycles. The van der Waals surface area contributed by atoms with E-state index in [9.17, 15) is 9.90 Å². The molecule has 3 nitrogen and oxygen atoms in total. The van der Waals surface area contributed by atoms with Crippen molar-refractivity contribution in [3.05, 3.63) is 25.7 Å². The Balaban J connectivity index is 3.20. The van der Waals surface area contributed by atoms with Crippen LogP contribution in [0.4, 0.5) is 0 Å². The lowest BCUT2D eigenvalue weighted by atomic mass is 10.2. The van der Waals surface area contributed by atoms with Gasteiger partial charge in [0.15, 0.2) is 0 Å². The number of carbonyl (C=O) groups excluding carboxylic acids is 1. The number of esters is 1. The van der Waals surface area contributed by atoms with Crippen LogP contribution in [0.1, 0.15) is 10.4 Å². The normalized spacial score (nSPS) is 9.77. The van der Waals surface area contributed by atoms with Gasteiger partial charge in [-0.3, -0.25) is 0 Å². The maximum Gasteiger partial charge on any atom is 0.337 e. The van der Waals surface area contributed by atoms with Crippen molar-refractivity contribution < 1.29 is 14.6 Å². The first-order chi connectivity index (χ1) is 6.06. The molecule has 0 aliphatic carbocycles. The van der Waals surface area contributed by atoms with Gasteiger partial charge in [0.25, 0.3) is 0 Å². The number of phenols is 1. The molecule has 1 aromatic carbocycles. The van der Waals surface area contributed by atoms with Gasteiger partial charge in [0.2, 0.25) is 0 Å². The van der Waals surface area contributed by atoms with E-state index >= 15 is 0 Å². The van der Waals surface area contributed by atoms with E-state index in [1.54, 1.807) is 6.07 Å². The number of halogens is 2. The molecule has 0 unspecified atom stereocenters. The predicted molar refractivity (Wildman–Crippen MR) is 59.9 cm³/mol. The monoisotopic (exact) mass is 356 g/mol. The molecule has 1 N–H and O–H groups in total. The number of ether oxygens (including phenoxy) is 1. The van der Waals surface area contributed by atoms with Crippen LogP contribution in [0.5, 0.6) is 5.75 Å².